The van der Waals surface area contributed by atoms with Gasteiger partial charge in [0.05, 0.1) is 5.60 Å². The second-order valence-corrected chi connectivity index (χ2v) is 6.33. The number of hydrogen-bond acceptors (Lipinski definition) is 3. The van der Waals surface area contributed by atoms with Crippen LogP contribution in [0.1, 0.15) is 45.4 Å². The molecule has 2 saturated carbocycles. The van der Waals surface area contributed by atoms with Crippen LogP contribution in [0.5, 0.6) is 0 Å². The van der Waals surface area contributed by atoms with Gasteiger partial charge in [-0.3, -0.25) is 4.90 Å². The average molecular weight is 224 g/mol. The number of β-amino-alcohol motifs (C(OH)–C–C–N with tert-alkyl or cyclic N) is 1. The highest BCUT2D eigenvalue weighted by molar-refractivity contribution is 5.12. The highest BCUT2D eigenvalue weighted by Crippen LogP contribution is 2.54. The second-order valence-electron chi connectivity index (χ2n) is 6.33. The summed E-state index contributed by atoms with van der Waals surface area (Å²) in [6.45, 7) is 3.80. The first-order chi connectivity index (χ1) is 7.60. The molecule has 3 rings (SSSR count). The van der Waals surface area contributed by atoms with Gasteiger partial charge in [-0.25, -0.2) is 0 Å². The smallest absolute Gasteiger partial charge is 0.0856 e. The number of likely N-dealkylation sites (tertiary alicyclic amines) is 1. The van der Waals surface area contributed by atoms with Crippen molar-refractivity contribution in [3.05, 3.63) is 0 Å². The standard InChI is InChI=1S/C13H24N2O/c1-10-7-13(16,9-15(10)11-3-4-11)12(8-14)5-2-6-12/h10-11,16H,2-9,14H2,1H3. The highest BCUT2D eigenvalue weighted by Gasteiger charge is 2.58. The van der Waals surface area contributed by atoms with Crippen LogP contribution in [0.3, 0.4) is 0 Å². The lowest BCUT2D eigenvalue weighted by atomic mass is 9.58. The van der Waals surface area contributed by atoms with E-state index in [2.05, 4.69) is 11.8 Å². The Kier molecular flexibility index (Phi) is 2.36. The monoisotopic (exact) mass is 224 g/mol. The molecular weight excluding hydrogens is 200 g/mol. The third-order valence-corrected chi connectivity index (χ3v) is 5.35. The normalized spacial score (nSPS) is 43.3. The molecule has 3 heteroatoms. The number of hydrogen-bond donors (Lipinski definition) is 2. The van der Waals surface area contributed by atoms with E-state index in [0.717, 1.165) is 31.8 Å². The van der Waals surface area contributed by atoms with Crippen molar-refractivity contribution in [3.63, 3.8) is 0 Å². The van der Waals surface area contributed by atoms with Crippen molar-refractivity contribution in [2.45, 2.75) is 63.1 Å². The Morgan fingerprint density at radius 1 is 1.38 bits per heavy atom. The first-order valence-corrected chi connectivity index (χ1v) is 6.78. The summed E-state index contributed by atoms with van der Waals surface area (Å²) in [5, 5.41) is 11.0. The van der Waals surface area contributed by atoms with Crippen LogP contribution in [0.15, 0.2) is 0 Å². The minimum absolute atomic E-state index is 0.0465. The van der Waals surface area contributed by atoms with Gasteiger partial charge >= 0.3 is 0 Å². The van der Waals surface area contributed by atoms with E-state index >= 15 is 0 Å². The zero-order valence-electron chi connectivity index (χ0n) is 10.3. The summed E-state index contributed by atoms with van der Waals surface area (Å²) in [4.78, 5) is 2.52. The Morgan fingerprint density at radius 2 is 2.06 bits per heavy atom. The van der Waals surface area contributed by atoms with Gasteiger partial charge in [0.15, 0.2) is 0 Å². The van der Waals surface area contributed by atoms with E-state index in [1.54, 1.807) is 0 Å². The lowest BCUT2D eigenvalue weighted by molar-refractivity contribution is -0.114. The van der Waals surface area contributed by atoms with Gasteiger partial charge in [0.1, 0.15) is 0 Å². The van der Waals surface area contributed by atoms with Gasteiger partial charge < -0.3 is 10.8 Å². The Morgan fingerprint density at radius 3 is 2.50 bits per heavy atom. The van der Waals surface area contributed by atoms with E-state index in [1.165, 1.54) is 19.3 Å². The van der Waals surface area contributed by atoms with E-state index < -0.39 is 5.60 Å². The Labute approximate surface area is 98.0 Å². The van der Waals surface area contributed by atoms with Crippen LogP contribution in [-0.4, -0.2) is 40.8 Å². The van der Waals surface area contributed by atoms with Crippen molar-refractivity contribution in [3.8, 4) is 0 Å². The van der Waals surface area contributed by atoms with Gasteiger partial charge in [0.2, 0.25) is 0 Å². The predicted molar refractivity (Wildman–Crippen MR) is 64.1 cm³/mol. The fourth-order valence-corrected chi connectivity index (χ4v) is 3.87. The van der Waals surface area contributed by atoms with Crippen LogP contribution >= 0.6 is 0 Å². The molecule has 0 spiro atoms. The molecule has 0 aromatic rings. The largest absolute Gasteiger partial charge is 0.388 e. The summed E-state index contributed by atoms with van der Waals surface area (Å²) < 4.78 is 0. The number of rotatable bonds is 3. The molecule has 1 heterocycles. The van der Waals surface area contributed by atoms with Crippen molar-refractivity contribution in [1.82, 2.24) is 4.90 Å². The van der Waals surface area contributed by atoms with Crippen LogP contribution < -0.4 is 5.73 Å². The van der Waals surface area contributed by atoms with Gasteiger partial charge in [-0.2, -0.15) is 0 Å². The number of nitrogens with zero attached hydrogens (tertiary/aromatic N) is 1. The number of aliphatic hydroxyl groups is 1. The zero-order chi connectivity index (χ0) is 11.4. The van der Waals surface area contributed by atoms with E-state index in [9.17, 15) is 5.11 Å². The maximum atomic E-state index is 11.0. The van der Waals surface area contributed by atoms with Crippen LogP contribution in [0.25, 0.3) is 0 Å². The predicted octanol–water partition coefficient (Wildman–Crippen LogP) is 1.10. The molecule has 3 nitrogen and oxygen atoms in total. The molecule has 1 aliphatic heterocycles. The molecule has 16 heavy (non-hydrogen) atoms. The van der Waals surface area contributed by atoms with Crippen LogP contribution in [0, 0.1) is 5.41 Å². The lowest BCUT2D eigenvalue weighted by Gasteiger charge is -2.51. The molecule has 92 valence electrons. The minimum atomic E-state index is -0.498. The molecule has 0 aromatic carbocycles. The summed E-state index contributed by atoms with van der Waals surface area (Å²) in [5.41, 5.74) is 5.49. The summed E-state index contributed by atoms with van der Waals surface area (Å²) in [6.07, 6.45) is 7.10. The molecule has 2 atom stereocenters. The van der Waals surface area contributed by atoms with Gasteiger partial charge in [0, 0.05) is 30.6 Å². The molecular formula is C13H24N2O. The molecule has 1 saturated heterocycles. The molecule has 0 aromatic heterocycles. The first-order valence-electron chi connectivity index (χ1n) is 6.78. The summed E-state index contributed by atoms with van der Waals surface area (Å²) in [6, 6.07) is 1.31. The van der Waals surface area contributed by atoms with Crippen molar-refractivity contribution in [2.24, 2.45) is 11.1 Å². The van der Waals surface area contributed by atoms with Crippen LogP contribution in [0.4, 0.5) is 0 Å². The Hall–Kier alpha value is -0.120. The third-order valence-electron chi connectivity index (χ3n) is 5.35. The lowest BCUT2D eigenvalue weighted by Crippen LogP contribution is -2.58. The highest BCUT2D eigenvalue weighted by atomic mass is 16.3. The average Bonchev–Trinajstić information content (AvgIpc) is 2.92. The topological polar surface area (TPSA) is 49.5 Å². The molecule has 0 amide bonds. The first kappa shape index (κ1) is 11.0. The zero-order valence-corrected chi connectivity index (χ0v) is 10.3. The fourth-order valence-electron chi connectivity index (χ4n) is 3.87. The quantitative estimate of drug-likeness (QED) is 0.755. The molecule has 3 aliphatic rings. The van der Waals surface area contributed by atoms with E-state index in [-0.39, 0.29) is 5.41 Å². The van der Waals surface area contributed by atoms with Crippen molar-refractivity contribution < 1.29 is 5.11 Å². The molecule has 3 N–H and O–H groups in total. The third kappa shape index (κ3) is 1.38. The maximum Gasteiger partial charge on any atom is 0.0856 e. The van der Waals surface area contributed by atoms with Gasteiger partial charge in [-0.15, -0.1) is 0 Å². The molecule has 0 bridgehead atoms. The molecule has 2 unspecified atom stereocenters. The summed E-state index contributed by atoms with van der Waals surface area (Å²) in [7, 11) is 0. The van der Waals surface area contributed by atoms with Gasteiger partial charge in [-0.05, 0) is 39.0 Å². The molecule has 2 aliphatic carbocycles. The maximum absolute atomic E-state index is 11.0. The van der Waals surface area contributed by atoms with Crippen molar-refractivity contribution in [2.75, 3.05) is 13.1 Å². The summed E-state index contributed by atoms with van der Waals surface area (Å²) >= 11 is 0. The SMILES string of the molecule is CC1CC(O)(C2(CN)CCC2)CN1C1CC1. The van der Waals surface area contributed by atoms with Crippen molar-refractivity contribution in [1.29, 1.82) is 0 Å². The Balaban J connectivity index is 1.78. The van der Waals surface area contributed by atoms with E-state index in [4.69, 9.17) is 5.73 Å². The van der Waals surface area contributed by atoms with Gasteiger partial charge in [-0.1, -0.05) is 6.42 Å². The van der Waals surface area contributed by atoms with E-state index in [1.807, 2.05) is 0 Å². The fraction of sp³-hybridized carbons (Fsp3) is 1.00. The van der Waals surface area contributed by atoms with Crippen LogP contribution in [0.2, 0.25) is 0 Å². The number of nitrogens with two attached hydrogens (primary N) is 1. The molecule has 0 radical (unpaired) electrons. The van der Waals surface area contributed by atoms with Gasteiger partial charge in [0.25, 0.3) is 0 Å². The van der Waals surface area contributed by atoms with Crippen LogP contribution in [-0.2, 0) is 0 Å². The van der Waals surface area contributed by atoms with Crippen molar-refractivity contribution >= 4 is 0 Å². The Bertz CT molecular complexity index is 280. The summed E-state index contributed by atoms with van der Waals surface area (Å²) in [5.74, 6) is 0. The molecule has 3 fully saturated rings. The van der Waals surface area contributed by atoms with E-state index in [0.29, 0.717) is 12.6 Å². The second kappa shape index (κ2) is 3.44. The minimum Gasteiger partial charge on any atom is -0.388 e.